The summed E-state index contributed by atoms with van der Waals surface area (Å²) in [6.45, 7) is 2.06. The maximum Gasteiger partial charge on any atom is 0.175 e. The normalized spacial score (nSPS) is 12.7. The van der Waals surface area contributed by atoms with Gasteiger partial charge in [0.1, 0.15) is 0 Å². The molecule has 0 heterocycles. The summed E-state index contributed by atoms with van der Waals surface area (Å²) in [6, 6.07) is 22.1. The smallest absolute Gasteiger partial charge is 0.175 e. The van der Waals surface area contributed by atoms with Crippen LogP contribution in [0.1, 0.15) is 5.56 Å². The molecule has 3 rings (SSSR count). The molecule has 134 valence electrons. The maximum absolute atomic E-state index is 12.7. The van der Waals surface area contributed by atoms with Crippen LogP contribution in [0.15, 0.2) is 97.3 Å². The zero-order chi connectivity index (χ0) is 18.7. The van der Waals surface area contributed by atoms with E-state index in [0.717, 1.165) is 16.0 Å². The van der Waals surface area contributed by atoms with Crippen molar-refractivity contribution in [1.29, 1.82) is 0 Å². The molecule has 3 aromatic carbocycles. The van der Waals surface area contributed by atoms with Crippen LogP contribution in [0.4, 0.5) is 0 Å². The molecule has 3 nitrogen and oxygen atoms in total. The second kappa shape index (κ2) is 7.78. The minimum Gasteiger partial charge on any atom is -0.249 e. The predicted molar refractivity (Wildman–Crippen MR) is 106 cm³/mol. The lowest BCUT2D eigenvalue weighted by Crippen LogP contribution is -1.98. The molecule has 0 bridgehead atoms. The maximum atomic E-state index is 12.7. The van der Waals surface area contributed by atoms with E-state index < -0.39 is 20.6 Å². The van der Waals surface area contributed by atoms with E-state index in [0.29, 0.717) is 9.79 Å². The fraction of sp³-hybridized carbons (Fsp3) is 0.100. The lowest BCUT2D eigenvalue weighted by Gasteiger charge is -2.06. The summed E-state index contributed by atoms with van der Waals surface area (Å²) < 4.78 is 35.7. The van der Waals surface area contributed by atoms with E-state index in [2.05, 4.69) is 31.2 Å². The predicted octanol–water partition coefficient (Wildman–Crippen LogP) is 4.72. The van der Waals surface area contributed by atoms with Crippen molar-refractivity contribution in [1.82, 2.24) is 0 Å². The fourth-order valence-electron chi connectivity index (χ4n) is 2.32. The zero-order valence-electron chi connectivity index (χ0n) is 14.4. The summed E-state index contributed by atoms with van der Waals surface area (Å²) >= 11 is 1.65. The first kappa shape index (κ1) is 18.9. The van der Waals surface area contributed by atoms with Gasteiger partial charge in [0.2, 0.25) is 0 Å². The van der Waals surface area contributed by atoms with Crippen LogP contribution >= 0.6 is 11.8 Å². The number of aryl methyl sites for hydroxylation is 1. The molecule has 0 aliphatic heterocycles. The van der Waals surface area contributed by atoms with Gasteiger partial charge in [-0.3, -0.25) is 0 Å². The van der Waals surface area contributed by atoms with Crippen molar-refractivity contribution in [3.8, 4) is 0 Å². The third-order valence-electron chi connectivity index (χ3n) is 3.76. The highest BCUT2D eigenvalue weighted by molar-refractivity contribution is 7.99. The van der Waals surface area contributed by atoms with Crippen LogP contribution in [-0.2, 0) is 20.6 Å². The molecule has 26 heavy (non-hydrogen) atoms. The van der Waals surface area contributed by atoms with Gasteiger partial charge in [-0.05, 0) is 67.6 Å². The van der Waals surface area contributed by atoms with Crippen molar-refractivity contribution in [3.05, 3.63) is 78.4 Å². The van der Waals surface area contributed by atoms with Gasteiger partial charge in [0.25, 0.3) is 0 Å². The van der Waals surface area contributed by atoms with Gasteiger partial charge in [-0.15, -0.1) is 0 Å². The molecule has 0 aromatic heterocycles. The van der Waals surface area contributed by atoms with Crippen molar-refractivity contribution < 1.29 is 12.6 Å². The van der Waals surface area contributed by atoms with Gasteiger partial charge in [-0.1, -0.05) is 29.5 Å². The SMILES string of the molecule is Cc1ccc(Sc2ccc(S(=O)c3ccc(S(C)(=O)=O)cc3)cc2)cc1. The summed E-state index contributed by atoms with van der Waals surface area (Å²) in [5, 5.41) is 0. The van der Waals surface area contributed by atoms with Gasteiger partial charge in [0.15, 0.2) is 9.84 Å². The van der Waals surface area contributed by atoms with Crippen LogP contribution < -0.4 is 0 Å². The number of sulfone groups is 1. The molecule has 0 aliphatic rings. The second-order valence-electron chi connectivity index (χ2n) is 5.90. The monoisotopic (exact) mass is 402 g/mol. The molecule has 1 unspecified atom stereocenters. The number of rotatable bonds is 5. The summed E-state index contributed by atoms with van der Waals surface area (Å²) in [6.07, 6.45) is 1.16. The zero-order valence-corrected chi connectivity index (χ0v) is 16.8. The Hall–Kier alpha value is -1.89. The van der Waals surface area contributed by atoms with Gasteiger partial charge in [-0.2, -0.15) is 0 Å². The Kier molecular flexibility index (Phi) is 5.65. The Balaban J connectivity index is 1.75. The molecule has 0 amide bonds. The largest absolute Gasteiger partial charge is 0.249 e. The van der Waals surface area contributed by atoms with Crippen molar-refractivity contribution in [2.24, 2.45) is 0 Å². The van der Waals surface area contributed by atoms with Gasteiger partial charge < -0.3 is 0 Å². The van der Waals surface area contributed by atoms with Crippen molar-refractivity contribution in [3.63, 3.8) is 0 Å². The Labute approximate surface area is 160 Å². The Bertz CT molecular complexity index is 1020. The topological polar surface area (TPSA) is 51.2 Å². The van der Waals surface area contributed by atoms with Gasteiger partial charge in [0.05, 0.1) is 15.7 Å². The fourth-order valence-corrected chi connectivity index (χ4v) is 4.81. The molecule has 3 aromatic rings. The molecular formula is C20H18O3S3. The van der Waals surface area contributed by atoms with E-state index in [9.17, 15) is 12.6 Å². The van der Waals surface area contributed by atoms with Gasteiger partial charge >= 0.3 is 0 Å². The second-order valence-corrected chi connectivity index (χ2v) is 10.5. The molecule has 0 aliphatic carbocycles. The molecule has 0 saturated heterocycles. The molecule has 0 fully saturated rings. The standard InChI is InChI=1S/C20H18O3S3/c1-15-3-5-16(6-4-15)24-17-7-9-18(10-8-17)25(21)19-11-13-20(14-12-19)26(2,22)23/h3-14H,1-2H3. The van der Waals surface area contributed by atoms with Crippen LogP contribution in [0.25, 0.3) is 0 Å². The highest BCUT2D eigenvalue weighted by Crippen LogP contribution is 2.29. The third-order valence-corrected chi connectivity index (χ3v) is 7.31. The number of hydrogen-bond acceptors (Lipinski definition) is 4. The average Bonchev–Trinajstić information content (AvgIpc) is 2.63. The molecule has 0 radical (unpaired) electrons. The lowest BCUT2D eigenvalue weighted by atomic mass is 10.2. The van der Waals surface area contributed by atoms with E-state index in [1.54, 1.807) is 23.9 Å². The summed E-state index contributed by atoms with van der Waals surface area (Å²) in [5.74, 6) is 0. The van der Waals surface area contributed by atoms with E-state index in [4.69, 9.17) is 0 Å². The lowest BCUT2D eigenvalue weighted by molar-refractivity contribution is 0.601. The summed E-state index contributed by atoms with van der Waals surface area (Å²) in [7, 11) is -4.59. The van der Waals surface area contributed by atoms with Crippen molar-refractivity contribution >= 4 is 32.4 Å². The van der Waals surface area contributed by atoms with Crippen molar-refractivity contribution in [2.75, 3.05) is 6.26 Å². The summed E-state index contributed by atoms with van der Waals surface area (Å²) in [4.78, 5) is 3.72. The first-order chi connectivity index (χ1) is 12.3. The highest BCUT2D eigenvalue weighted by atomic mass is 32.2. The van der Waals surface area contributed by atoms with Crippen LogP contribution in [0.5, 0.6) is 0 Å². The Morgan fingerprint density at radius 2 is 1.15 bits per heavy atom. The molecule has 0 spiro atoms. The van der Waals surface area contributed by atoms with Crippen molar-refractivity contribution in [2.45, 2.75) is 31.4 Å². The summed E-state index contributed by atoms with van der Waals surface area (Å²) in [5.41, 5.74) is 1.22. The van der Waals surface area contributed by atoms with E-state index >= 15 is 0 Å². The molecular weight excluding hydrogens is 384 g/mol. The van der Waals surface area contributed by atoms with Crippen LogP contribution in [0, 0.1) is 6.92 Å². The van der Waals surface area contributed by atoms with E-state index in [-0.39, 0.29) is 4.90 Å². The molecule has 6 heteroatoms. The first-order valence-corrected chi connectivity index (χ1v) is 11.8. The van der Waals surface area contributed by atoms with Gasteiger partial charge in [-0.25, -0.2) is 12.6 Å². The van der Waals surface area contributed by atoms with E-state index in [1.165, 1.54) is 17.7 Å². The Morgan fingerprint density at radius 1 is 0.731 bits per heavy atom. The third kappa shape index (κ3) is 4.63. The van der Waals surface area contributed by atoms with E-state index in [1.807, 2.05) is 24.3 Å². The molecule has 0 N–H and O–H groups in total. The minimum absolute atomic E-state index is 0.225. The average molecular weight is 403 g/mol. The highest BCUT2D eigenvalue weighted by Gasteiger charge is 2.11. The first-order valence-electron chi connectivity index (χ1n) is 7.89. The van der Waals surface area contributed by atoms with Crippen LogP contribution in [0.2, 0.25) is 0 Å². The van der Waals surface area contributed by atoms with Crippen LogP contribution in [-0.4, -0.2) is 18.9 Å². The molecule has 0 saturated carbocycles. The van der Waals surface area contributed by atoms with Crippen LogP contribution in [0.3, 0.4) is 0 Å². The number of hydrogen-bond donors (Lipinski definition) is 0. The molecule has 1 atom stereocenters. The van der Waals surface area contributed by atoms with Gasteiger partial charge in [0, 0.05) is 25.8 Å². The quantitative estimate of drug-likeness (QED) is 0.620. The Morgan fingerprint density at radius 3 is 1.62 bits per heavy atom. The number of benzene rings is 3. The minimum atomic E-state index is -3.25.